The number of hydrogen-bond acceptors (Lipinski definition) is 9. The van der Waals surface area contributed by atoms with Crippen molar-refractivity contribution in [3.05, 3.63) is 35.9 Å². The zero-order valence-electron chi connectivity index (χ0n) is 17.2. The Morgan fingerprint density at radius 3 is 1.53 bits per heavy atom. The summed E-state index contributed by atoms with van der Waals surface area (Å²) in [6.45, 7) is 1.84. The van der Waals surface area contributed by atoms with Gasteiger partial charge in [-0.25, -0.2) is 9.59 Å². The first-order valence-electron chi connectivity index (χ1n) is 8.51. The summed E-state index contributed by atoms with van der Waals surface area (Å²) < 4.78 is 17.6. The molecule has 1 aromatic rings. The average Bonchev–Trinajstić information content (AvgIpc) is 2.80. The van der Waals surface area contributed by atoms with Crippen LogP contribution < -0.4 is 0 Å². The Kier molecular flexibility index (Phi) is 12.7. The molecule has 0 heterocycles. The lowest BCUT2D eigenvalue weighted by atomic mass is 10.1. The van der Waals surface area contributed by atoms with Gasteiger partial charge in [-0.1, -0.05) is 34.1 Å². The van der Waals surface area contributed by atoms with Crippen LogP contribution >= 0.6 is 15.9 Å². The van der Waals surface area contributed by atoms with Gasteiger partial charge in [-0.05, 0) is 19.1 Å². The highest BCUT2D eigenvalue weighted by Crippen LogP contribution is 2.11. The minimum absolute atomic E-state index is 0.169. The minimum atomic E-state index is -1.40. The van der Waals surface area contributed by atoms with Gasteiger partial charge >= 0.3 is 23.9 Å². The molecule has 30 heavy (non-hydrogen) atoms. The summed E-state index contributed by atoms with van der Waals surface area (Å²) in [7, 11) is 4.69. The van der Waals surface area contributed by atoms with Crippen molar-refractivity contribution in [3.63, 3.8) is 0 Å². The van der Waals surface area contributed by atoms with E-state index in [0.29, 0.717) is 5.56 Å². The van der Waals surface area contributed by atoms with Crippen LogP contribution in [0, 0.1) is 0 Å². The van der Waals surface area contributed by atoms with Gasteiger partial charge in [0.1, 0.15) is 0 Å². The Morgan fingerprint density at radius 2 is 1.20 bits per heavy atom. The molecule has 0 radical (unpaired) electrons. The lowest BCUT2D eigenvalue weighted by Crippen LogP contribution is -2.50. The van der Waals surface area contributed by atoms with Gasteiger partial charge in [-0.15, -0.1) is 0 Å². The summed E-state index contributed by atoms with van der Waals surface area (Å²) in [5.41, 5.74) is 0.382. The largest absolute Gasteiger partial charge is 0.468 e. The Hall–Kier alpha value is -2.95. The molecule has 0 bridgehead atoms. The summed E-state index contributed by atoms with van der Waals surface area (Å²) >= 11 is 2.78. The molecule has 166 valence electrons. The monoisotopic (exact) mass is 489 g/mol. The fraction of sp³-hybridized carbons (Fsp3) is 0.421. The number of carbonyl (C=O) groups is 5. The first kappa shape index (κ1) is 27.0. The number of alkyl halides is 1. The average molecular weight is 490 g/mol. The molecular formula is C19H24BrNO9. The van der Waals surface area contributed by atoms with E-state index in [9.17, 15) is 24.0 Å². The minimum Gasteiger partial charge on any atom is -0.468 e. The second-order valence-electron chi connectivity index (χ2n) is 5.31. The van der Waals surface area contributed by atoms with Crippen LogP contribution in [0.2, 0.25) is 0 Å². The molecule has 0 aliphatic rings. The third kappa shape index (κ3) is 7.82. The number of carbonyl (C=O) groups excluding carboxylic acids is 5. The lowest BCUT2D eigenvalue weighted by Gasteiger charge is -2.26. The first-order valence-corrected chi connectivity index (χ1v) is 9.42. The summed E-state index contributed by atoms with van der Waals surface area (Å²) in [5, 5.41) is 0. The topological polar surface area (TPSA) is 126 Å². The maximum absolute atomic E-state index is 12.4. The standard InChI is InChI=1S/C14H17NO5.C5H7BrO4/c1-4-15(11(13(17)19-2)14(18)20-3)12(16)10-8-6-5-7-9-10;1-9-4(7)3(6)5(8)10-2/h5-9,11H,4H2,1-3H3;3H,1-2H3. The van der Waals surface area contributed by atoms with Gasteiger partial charge in [0.2, 0.25) is 10.9 Å². The maximum Gasteiger partial charge on any atom is 0.340 e. The number of benzene rings is 1. The van der Waals surface area contributed by atoms with Crippen molar-refractivity contribution in [1.29, 1.82) is 0 Å². The molecule has 0 spiro atoms. The van der Waals surface area contributed by atoms with Crippen LogP contribution in [0.1, 0.15) is 17.3 Å². The number of rotatable bonds is 7. The van der Waals surface area contributed by atoms with Crippen molar-refractivity contribution in [1.82, 2.24) is 4.90 Å². The number of likely N-dealkylation sites (N-methyl/N-ethyl adjacent to an activating group) is 1. The van der Waals surface area contributed by atoms with Gasteiger partial charge in [0.05, 0.1) is 28.4 Å². The van der Waals surface area contributed by atoms with E-state index in [1.54, 1.807) is 37.3 Å². The molecule has 0 saturated heterocycles. The fourth-order valence-corrected chi connectivity index (χ4v) is 2.44. The fourth-order valence-electron chi connectivity index (χ4n) is 2.07. The van der Waals surface area contributed by atoms with Crippen molar-refractivity contribution < 1.29 is 42.9 Å². The van der Waals surface area contributed by atoms with Gasteiger partial charge < -0.3 is 23.8 Å². The van der Waals surface area contributed by atoms with Crippen LogP contribution in [-0.2, 0) is 38.1 Å². The van der Waals surface area contributed by atoms with Crippen LogP contribution in [0.15, 0.2) is 30.3 Å². The number of amides is 1. The quantitative estimate of drug-likeness (QED) is 0.238. The Morgan fingerprint density at radius 1 is 0.800 bits per heavy atom. The van der Waals surface area contributed by atoms with Crippen LogP contribution in [-0.4, -0.2) is 80.5 Å². The number of halogens is 1. The van der Waals surface area contributed by atoms with Crippen molar-refractivity contribution in [2.24, 2.45) is 0 Å². The van der Waals surface area contributed by atoms with Crippen LogP contribution in [0.4, 0.5) is 0 Å². The molecule has 0 aromatic heterocycles. The number of methoxy groups -OCH3 is 4. The molecule has 0 saturated carbocycles. The molecule has 11 heteroatoms. The number of esters is 4. The summed E-state index contributed by atoms with van der Waals surface area (Å²) in [6, 6.07) is 6.99. The highest BCUT2D eigenvalue weighted by Gasteiger charge is 2.37. The molecule has 0 aliphatic heterocycles. The van der Waals surface area contributed by atoms with Gasteiger partial charge in [0, 0.05) is 12.1 Å². The zero-order chi connectivity index (χ0) is 23.3. The predicted molar refractivity (Wildman–Crippen MR) is 108 cm³/mol. The number of ether oxygens (including phenoxy) is 4. The number of nitrogens with zero attached hydrogens (tertiary/aromatic N) is 1. The SMILES string of the molecule is CCN(C(=O)c1ccccc1)C(C(=O)OC)C(=O)OC.COC(=O)C(Br)C(=O)OC. The van der Waals surface area contributed by atoms with Crippen molar-refractivity contribution >= 4 is 45.7 Å². The molecule has 1 aromatic carbocycles. The Bertz CT molecular complexity index is 707. The second kappa shape index (κ2) is 14.1. The van der Waals surface area contributed by atoms with E-state index in [2.05, 4.69) is 34.9 Å². The highest BCUT2D eigenvalue weighted by atomic mass is 79.9. The summed E-state index contributed by atoms with van der Waals surface area (Å²) in [6.07, 6.45) is 0. The van der Waals surface area contributed by atoms with Crippen molar-refractivity contribution in [3.8, 4) is 0 Å². The normalized spacial score (nSPS) is 9.73. The van der Waals surface area contributed by atoms with Gasteiger partial charge in [-0.3, -0.25) is 14.4 Å². The third-order valence-corrected chi connectivity index (χ3v) is 4.35. The van der Waals surface area contributed by atoms with E-state index in [0.717, 1.165) is 19.1 Å². The third-order valence-electron chi connectivity index (χ3n) is 3.60. The predicted octanol–water partition coefficient (Wildman–Crippen LogP) is 0.959. The zero-order valence-corrected chi connectivity index (χ0v) is 18.8. The lowest BCUT2D eigenvalue weighted by molar-refractivity contribution is -0.159. The van der Waals surface area contributed by atoms with E-state index in [1.165, 1.54) is 14.2 Å². The van der Waals surface area contributed by atoms with Crippen LogP contribution in [0.25, 0.3) is 0 Å². The first-order chi connectivity index (χ1) is 14.2. The van der Waals surface area contributed by atoms with E-state index in [4.69, 9.17) is 0 Å². The molecule has 10 nitrogen and oxygen atoms in total. The smallest absolute Gasteiger partial charge is 0.340 e. The van der Waals surface area contributed by atoms with E-state index in [1.807, 2.05) is 0 Å². The maximum atomic E-state index is 12.4. The van der Waals surface area contributed by atoms with Crippen molar-refractivity contribution in [2.45, 2.75) is 17.8 Å². The molecule has 0 aliphatic carbocycles. The Labute approximate surface area is 182 Å². The van der Waals surface area contributed by atoms with Gasteiger partial charge in [0.15, 0.2) is 0 Å². The molecular weight excluding hydrogens is 466 g/mol. The van der Waals surface area contributed by atoms with Crippen LogP contribution in [0.5, 0.6) is 0 Å². The molecule has 0 unspecified atom stereocenters. The molecule has 0 N–H and O–H groups in total. The van der Waals surface area contributed by atoms with Gasteiger partial charge in [-0.2, -0.15) is 0 Å². The Balaban J connectivity index is 0.000000710. The number of hydrogen-bond donors (Lipinski definition) is 0. The van der Waals surface area contributed by atoms with Gasteiger partial charge in [0.25, 0.3) is 5.91 Å². The molecule has 0 fully saturated rings. The molecule has 1 rings (SSSR count). The molecule has 0 atom stereocenters. The van der Waals surface area contributed by atoms with E-state index < -0.39 is 40.7 Å². The second-order valence-corrected chi connectivity index (χ2v) is 6.23. The summed E-state index contributed by atoms with van der Waals surface area (Å²) in [4.78, 5) is 57.0. The van der Waals surface area contributed by atoms with E-state index >= 15 is 0 Å². The van der Waals surface area contributed by atoms with Crippen molar-refractivity contribution in [2.75, 3.05) is 35.0 Å². The summed E-state index contributed by atoms with van der Waals surface area (Å²) in [5.74, 6) is -3.42. The highest BCUT2D eigenvalue weighted by molar-refractivity contribution is 9.10. The van der Waals surface area contributed by atoms with Crippen LogP contribution in [0.3, 0.4) is 0 Å². The molecule has 1 amide bonds. The van der Waals surface area contributed by atoms with E-state index in [-0.39, 0.29) is 6.54 Å².